The Bertz CT molecular complexity index is 814. The van der Waals surface area contributed by atoms with Gasteiger partial charge < -0.3 is 0 Å². The highest BCUT2D eigenvalue weighted by atomic mass is 32.1. The summed E-state index contributed by atoms with van der Waals surface area (Å²) in [5.41, 5.74) is 1.80. The molecule has 0 unspecified atom stereocenters. The molecule has 0 N–H and O–H groups in total. The number of aryl methyl sites for hydroxylation is 1. The van der Waals surface area contributed by atoms with Crippen LogP contribution in [0.15, 0.2) is 48.5 Å². The summed E-state index contributed by atoms with van der Waals surface area (Å²) in [7, 11) is 0. The van der Waals surface area contributed by atoms with E-state index in [0.717, 1.165) is 5.56 Å². The fourth-order valence-electron chi connectivity index (χ4n) is 1.99. The predicted molar refractivity (Wildman–Crippen MR) is 92.5 cm³/mol. The van der Waals surface area contributed by atoms with Gasteiger partial charge in [0.2, 0.25) is 0 Å². The van der Waals surface area contributed by atoms with E-state index in [1.807, 2.05) is 35.6 Å². The first-order valence-electron chi connectivity index (χ1n) is 6.59. The molecule has 0 saturated carbocycles. The van der Waals surface area contributed by atoms with Gasteiger partial charge in [-0.05, 0) is 55.0 Å². The van der Waals surface area contributed by atoms with Crippen LogP contribution in [0.3, 0.4) is 0 Å². The average Bonchev–Trinajstić information content (AvgIpc) is 3.14. The molecule has 1 nitrogen and oxygen atoms in total. The molecule has 0 radical (unpaired) electrons. The van der Waals surface area contributed by atoms with E-state index >= 15 is 0 Å². The van der Waals surface area contributed by atoms with Crippen LogP contribution in [0, 0.1) is 18.3 Å². The smallest absolute Gasteiger partial charge is 0.0991 e. The van der Waals surface area contributed by atoms with Gasteiger partial charge >= 0.3 is 0 Å². The number of nitrogens with zero attached hydrogens (tertiary/aromatic N) is 1. The fraction of sp³-hybridized carbons (Fsp3) is 0.0556. The van der Waals surface area contributed by atoms with Gasteiger partial charge in [-0.15, -0.1) is 22.7 Å². The first kappa shape index (κ1) is 13.8. The zero-order chi connectivity index (χ0) is 14.7. The van der Waals surface area contributed by atoms with Gasteiger partial charge in [0.25, 0.3) is 0 Å². The summed E-state index contributed by atoms with van der Waals surface area (Å²) in [5.74, 6) is 0. The van der Waals surface area contributed by atoms with Gasteiger partial charge in [-0.1, -0.05) is 18.2 Å². The number of hydrogen-bond acceptors (Lipinski definition) is 3. The molecule has 0 aliphatic heterocycles. The van der Waals surface area contributed by atoms with E-state index in [1.54, 1.807) is 11.3 Å². The number of benzene rings is 1. The summed E-state index contributed by atoms with van der Waals surface area (Å²) in [6, 6.07) is 18.4. The molecule has 0 bridgehead atoms. The quantitative estimate of drug-likeness (QED) is 0.597. The molecule has 3 aromatic rings. The number of rotatable bonds is 3. The van der Waals surface area contributed by atoms with Crippen molar-refractivity contribution in [3.05, 3.63) is 69.4 Å². The molecule has 3 rings (SSSR count). The minimum Gasteiger partial charge on any atom is -0.192 e. The van der Waals surface area contributed by atoms with Crippen LogP contribution in [0.5, 0.6) is 0 Å². The van der Waals surface area contributed by atoms with Crippen LogP contribution in [0.2, 0.25) is 0 Å². The molecule has 2 heterocycles. The second-order valence-electron chi connectivity index (χ2n) is 4.68. The maximum atomic E-state index is 8.78. The Balaban J connectivity index is 1.77. The Hall–Kier alpha value is -2.15. The van der Waals surface area contributed by atoms with Gasteiger partial charge in [0, 0.05) is 19.5 Å². The summed E-state index contributed by atoms with van der Waals surface area (Å²) in [6.45, 7) is 2.13. The van der Waals surface area contributed by atoms with Crippen molar-refractivity contribution in [1.29, 1.82) is 5.26 Å². The molecule has 0 fully saturated rings. The molecule has 2 aromatic heterocycles. The third kappa shape index (κ3) is 3.30. The van der Waals surface area contributed by atoms with E-state index in [4.69, 9.17) is 5.26 Å². The molecule has 0 amide bonds. The summed E-state index contributed by atoms with van der Waals surface area (Å²) >= 11 is 3.63. The summed E-state index contributed by atoms with van der Waals surface area (Å²) in [5, 5.41) is 8.78. The summed E-state index contributed by atoms with van der Waals surface area (Å²) < 4.78 is 0. The average molecular weight is 307 g/mol. The Kier molecular flexibility index (Phi) is 4.01. The van der Waals surface area contributed by atoms with Crippen LogP contribution in [0.1, 0.15) is 20.9 Å². The second kappa shape index (κ2) is 6.09. The molecule has 0 saturated heterocycles. The molecule has 0 aliphatic carbocycles. The maximum Gasteiger partial charge on any atom is 0.0991 e. The van der Waals surface area contributed by atoms with Crippen molar-refractivity contribution in [1.82, 2.24) is 0 Å². The van der Waals surface area contributed by atoms with E-state index in [0.29, 0.717) is 5.56 Å². The standard InChI is InChI=1S/C18H13NS2/c1-13-2-10-17(20-13)18-11-9-16(21-18)8-7-14-3-5-15(12-19)6-4-14/h2-11H,1H3/b8-7+. The minimum atomic E-state index is 0.693. The molecule has 0 aliphatic rings. The summed E-state index contributed by atoms with van der Waals surface area (Å²) in [4.78, 5) is 5.22. The van der Waals surface area contributed by atoms with Crippen molar-refractivity contribution in [2.45, 2.75) is 6.92 Å². The third-order valence-electron chi connectivity index (χ3n) is 3.09. The SMILES string of the molecule is Cc1ccc(-c2ccc(/C=C/c3ccc(C#N)cc3)s2)s1. The van der Waals surface area contributed by atoms with Crippen molar-refractivity contribution in [2.24, 2.45) is 0 Å². The Morgan fingerprint density at radius 1 is 0.857 bits per heavy atom. The molecule has 21 heavy (non-hydrogen) atoms. The first-order valence-corrected chi connectivity index (χ1v) is 8.23. The molecule has 102 valence electrons. The highest BCUT2D eigenvalue weighted by molar-refractivity contribution is 7.22. The van der Waals surface area contributed by atoms with Crippen molar-refractivity contribution in [3.8, 4) is 15.8 Å². The maximum absolute atomic E-state index is 8.78. The predicted octanol–water partition coefficient (Wildman–Crippen LogP) is 5.83. The van der Waals surface area contributed by atoms with E-state index in [1.165, 1.54) is 19.5 Å². The zero-order valence-electron chi connectivity index (χ0n) is 11.5. The summed E-state index contributed by atoms with van der Waals surface area (Å²) in [6.07, 6.45) is 4.20. The zero-order valence-corrected chi connectivity index (χ0v) is 13.2. The Morgan fingerprint density at radius 3 is 2.24 bits per heavy atom. The Labute approximate surface area is 132 Å². The fourth-order valence-corrected chi connectivity index (χ4v) is 3.86. The normalized spacial score (nSPS) is 10.9. The Morgan fingerprint density at radius 2 is 1.57 bits per heavy atom. The van der Waals surface area contributed by atoms with Crippen molar-refractivity contribution >= 4 is 34.8 Å². The van der Waals surface area contributed by atoms with Gasteiger partial charge in [-0.2, -0.15) is 5.26 Å². The van der Waals surface area contributed by atoms with Crippen molar-refractivity contribution in [2.75, 3.05) is 0 Å². The van der Waals surface area contributed by atoms with Gasteiger partial charge in [0.15, 0.2) is 0 Å². The lowest BCUT2D eigenvalue weighted by molar-refractivity contribution is 1.48. The van der Waals surface area contributed by atoms with Crippen LogP contribution in [-0.2, 0) is 0 Å². The lowest BCUT2D eigenvalue weighted by Crippen LogP contribution is -1.74. The molecule has 0 spiro atoms. The van der Waals surface area contributed by atoms with Crippen LogP contribution >= 0.6 is 22.7 Å². The van der Waals surface area contributed by atoms with Crippen LogP contribution in [-0.4, -0.2) is 0 Å². The molecular weight excluding hydrogens is 294 g/mol. The van der Waals surface area contributed by atoms with Crippen molar-refractivity contribution in [3.63, 3.8) is 0 Å². The van der Waals surface area contributed by atoms with E-state index in [2.05, 4.69) is 49.4 Å². The van der Waals surface area contributed by atoms with Gasteiger partial charge in [0.05, 0.1) is 11.6 Å². The van der Waals surface area contributed by atoms with Crippen LogP contribution in [0.25, 0.3) is 21.9 Å². The molecule has 3 heteroatoms. The second-order valence-corrected chi connectivity index (χ2v) is 7.08. The van der Waals surface area contributed by atoms with Gasteiger partial charge in [-0.3, -0.25) is 0 Å². The number of nitriles is 1. The van der Waals surface area contributed by atoms with Gasteiger partial charge in [0.1, 0.15) is 0 Å². The van der Waals surface area contributed by atoms with Crippen LogP contribution < -0.4 is 0 Å². The lowest BCUT2D eigenvalue weighted by Gasteiger charge is -1.92. The number of thiophene rings is 2. The van der Waals surface area contributed by atoms with Crippen molar-refractivity contribution < 1.29 is 0 Å². The lowest BCUT2D eigenvalue weighted by atomic mass is 10.1. The highest BCUT2D eigenvalue weighted by Crippen LogP contribution is 2.33. The molecular formula is C18H13NS2. The molecule has 1 aromatic carbocycles. The monoisotopic (exact) mass is 307 g/mol. The highest BCUT2D eigenvalue weighted by Gasteiger charge is 2.03. The third-order valence-corrected chi connectivity index (χ3v) is 5.34. The van der Waals surface area contributed by atoms with Crippen LogP contribution in [0.4, 0.5) is 0 Å². The number of hydrogen-bond donors (Lipinski definition) is 0. The minimum absolute atomic E-state index is 0.693. The van der Waals surface area contributed by atoms with E-state index < -0.39 is 0 Å². The van der Waals surface area contributed by atoms with Gasteiger partial charge in [-0.25, -0.2) is 0 Å². The molecule has 0 atom stereocenters. The largest absolute Gasteiger partial charge is 0.192 e. The van der Waals surface area contributed by atoms with E-state index in [9.17, 15) is 0 Å². The first-order chi connectivity index (χ1) is 10.2. The topological polar surface area (TPSA) is 23.8 Å². The van der Waals surface area contributed by atoms with E-state index in [-0.39, 0.29) is 0 Å².